The van der Waals surface area contributed by atoms with Gasteiger partial charge in [-0.1, -0.05) is 99.6 Å². The molecule has 4 aliphatic rings. The smallest absolute Gasteiger partial charge is 0.238 e. The van der Waals surface area contributed by atoms with Gasteiger partial charge in [0, 0.05) is 17.2 Å². The highest BCUT2D eigenvalue weighted by molar-refractivity contribution is 6.26. The van der Waals surface area contributed by atoms with E-state index in [0.717, 1.165) is 10.8 Å². The first-order valence-electron chi connectivity index (χ1n) is 12.4. The standard InChI is InChI=1S/C32H27NO2/c1-32(2,3)19-15-16-23-24(17-19)27-22-13-7-6-12-21(22)26(23)28-29(27)31(35)33(30(28)34)25-14-8-10-18-9-4-5-11-20(18)25/h4-17,26-29H,1-3H3/t26-,27-,28-,29+/m0/s1. The van der Waals surface area contributed by atoms with Crippen molar-refractivity contribution >= 4 is 28.3 Å². The number of benzene rings is 4. The molecule has 1 aliphatic heterocycles. The fraction of sp³-hybridized carbons (Fsp3) is 0.250. The van der Waals surface area contributed by atoms with Crippen molar-refractivity contribution in [1.29, 1.82) is 0 Å². The molecule has 4 atom stereocenters. The molecule has 35 heavy (non-hydrogen) atoms. The first-order chi connectivity index (χ1) is 16.9. The van der Waals surface area contributed by atoms with E-state index in [1.807, 2.05) is 42.5 Å². The van der Waals surface area contributed by atoms with Gasteiger partial charge in [0.25, 0.3) is 0 Å². The van der Waals surface area contributed by atoms with E-state index in [1.54, 1.807) is 0 Å². The van der Waals surface area contributed by atoms with Crippen LogP contribution in [-0.2, 0) is 15.0 Å². The van der Waals surface area contributed by atoms with Gasteiger partial charge in [-0.2, -0.15) is 0 Å². The molecule has 0 saturated carbocycles. The van der Waals surface area contributed by atoms with Gasteiger partial charge in [0.1, 0.15) is 0 Å². The summed E-state index contributed by atoms with van der Waals surface area (Å²) in [5, 5.41) is 1.97. The van der Waals surface area contributed by atoms with Crippen molar-refractivity contribution in [2.45, 2.75) is 38.0 Å². The summed E-state index contributed by atoms with van der Waals surface area (Å²) in [6, 6.07) is 29.0. The van der Waals surface area contributed by atoms with Crippen LogP contribution in [0.1, 0.15) is 60.4 Å². The maximum atomic E-state index is 14.2. The molecule has 4 aromatic carbocycles. The van der Waals surface area contributed by atoms with Crippen molar-refractivity contribution in [2.75, 3.05) is 4.90 Å². The van der Waals surface area contributed by atoms with Crippen LogP contribution in [0.5, 0.6) is 0 Å². The minimum absolute atomic E-state index is 0.00906. The minimum Gasteiger partial charge on any atom is -0.274 e. The van der Waals surface area contributed by atoms with Crippen LogP contribution >= 0.6 is 0 Å². The molecule has 0 unspecified atom stereocenters. The Hall–Kier alpha value is -3.72. The van der Waals surface area contributed by atoms with Crippen molar-refractivity contribution in [3.8, 4) is 0 Å². The number of hydrogen-bond donors (Lipinski definition) is 0. The maximum Gasteiger partial charge on any atom is 0.238 e. The average molecular weight is 458 g/mol. The number of rotatable bonds is 1. The highest BCUT2D eigenvalue weighted by atomic mass is 16.2. The highest BCUT2D eigenvalue weighted by Gasteiger charge is 2.62. The van der Waals surface area contributed by atoms with E-state index in [1.165, 1.54) is 32.7 Å². The monoisotopic (exact) mass is 457 g/mol. The molecule has 0 N–H and O–H groups in total. The SMILES string of the molecule is CC(C)(C)c1ccc2c(c1)[C@@H]1c3ccccc3[C@@H]2[C@@H]2C(=O)N(c3cccc4ccccc34)C(=O)[C@H]12. The molecular weight excluding hydrogens is 430 g/mol. The highest BCUT2D eigenvalue weighted by Crippen LogP contribution is 2.61. The fourth-order valence-electron chi connectivity index (χ4n) is 6.83. The van der Waals surface area contributed by atoms with E-state index in [-0.39, 0.29) is 40.9 Å². The van der Waals surface area contributed by atoms with Gasteiger partial charge in [-0.3, -0.25) is 9.59 Å². The zero-order valence-electron chi connectivity index (χ0n) is 20.2. The quantitative estimate of drug-likeness (QED) is 0.305. The van der Waals surface area contributed by atoms with Crippen LogP contribution in [0.25, 0.3) is 10.8 Å². The number of amides is 2. The molecule has 2 bridgehead atoms. The van der Waals surface area contributed by atoms with Crippen LogP contribution in [0.3, 0.4) is 0 Å². The number of hydrogen-bond acceptors (Lipinski definition) is 2. The molecular formula is C32H27NO2. The van der Waals surface area contributed by atoms with E-state index in [9.17, 15) is 9.59 Å². The Balaban J connectivity index is 1.45. The summed E-state index contributed by atoms with van der Waals surface area (Å²) in [6.07, 6.45) is 0. The van der Waals surface area contributed by atoms with E-state index >= 15 is 0 Å². The van der Waals surface area contributed by atoms with Crippen molar-refractivity contribution in [2.24, 2.45) is 11.8 Å². The molecule has 4 aromatic rings. The van der Waals surface area contributed by atoms with E-state index in [0.29, 0.717) is 5.69 Å². The van der Waals surface area contributed by atoms with Crippen molar-refractivity contribution in [3.05, 3.63) is 113 Å². The Morgan fingerprint density at radius 2 is 1.20 bits per heavy atom. The fourth-order valence-corrected chi connectivity index (χ4v) is 6.83. The maximum absolute atomic E-state index is 14.2. The Labute approximate surface area is 205 Å². The zero-order chi connectivity index (χ0) is 24.1. The lowest BCUT2D eigenvalue weighted by Crippen LogP contribution is -2.41. The number of nitrogens with zero attached hydrogens (tertiary/aromatic N) is 1. The average Bonchev–Trinajstić information content (AvgIpc) is 3.13. The lowest BCUT2D eigenvalue weighted by atomic mass is 9.54. The lowest BCUT2D eigenvalue weighted by Gasteiger charge is -2.46. The summed E-state index contributed by atoms with van der Waals surface area (Å²) in [7, 11) is 0. The van der Waals surface area contributed by atoms with Crippen molar-refractivity contribution in [1.82, 2.24) is 0 Å². The summed E-state index contributed by atoms with van der Waals surface area (Å²) >= 11 is 0. The van der Waals surface area contributed by atoms with Crippen molar-refractivity contribution in [3.63, 3.8) is 0 Å². The summed E-state index contributed by atoms with van der Waals surface area (Å²) in [5.41, 5.74) is 6.83. The van der Waals surface area contributed by atoms with E-state index in [4.69, 9.17) is 0 Å². The Morgan fingerprint density at radius 3 is 1.89 bits per heavy atom. The third kappa shape index (κ3) is 2.67. The van der Waals surface area contributed by atoms with Crippen molar-refractivity contribution < 1.29 is 9.59 Å². The molecule has 1 fully saturated rings. The molecule has 3 nitrogen and oxygen atoms in total. The predicted octanol–water partition coefficient (Wildman–Crippen LogP) is 6.53. The Kier molecular flexibility index (Phi) is 4.08. The number of carbonyl (C=O) groups is 2. The van der Waals surface area contributed by atoms with Crippen LogP contribution in [0.4, 0.5) is 5.69 Å². The molecule has 0 radical (unpaired) electrons. The largest absolute Gasteiger partial charge is 0.274 e. The number of imide groups is 1. The third-order valence-electron chi connectivity index (χ3n) is 8.41. The number of carbonyl (C=O) groups excluding carboxylic acids is 2. The Bertz CT molecular complexity index is 1550. The molecule has 1 saturated heterocycles. The first-order valence-corrected chi connectivity index (χ1v) is 12.4. The topological polar surface area (TPSA) is 37.4 Å². The molecule has 8 rings (SSSR count). The lowest BCUT2D eigenvalue weighted by molar-refractivity contribution is -0.122. The molecule has 2 amide bonds. The van der Waals surface area contributed by atoms with Gasteiger partial charge in [0.05, 0.1) is 17.5 Å². The second-order valence-electron chi connectivity index (χ2n) is 11.2. The molecule has 1 heterocycles. The van der Waals surface area contributed by atoms with Gasteiger partial charge in [0.2, 0.25) is 11.8 Å². The van der Waals surface area contributed by atoms with Gasteiger partial charge >= 0.3 is 0 Å². The minimum atomic E-state index is -0.371. The van der Waals surface area contributed by atoms with Crippen LogP contribution < -0.4 is 4.90 Å². The van der Waals surface area contributed by atoms with E-state index < -0.39 is 0 Å². The molecule has 172 valence electrons. The van der Waals surface area contributed by atoms with Crippen LogP contribution in [0, 0.1) is 11.8 Å². The second kappa shape index (κ2) is 6.91. The van der Waals surface area contributed by atoms with Gasteiger partial charge in [-0.15, -0.1) is 0 Å². The normalized spacial score (nSPS) is 24.5. The zero-order valence-corrected chi connectivity index (χ0v) is 20.2. The third-order valence-corrected chi connectivity index (χ3v) is 8.41. The molecule has 0 spiro atoms. The molecule has 0 aromatic heterocycles. The Morgan fingerprint density at radius 1 is 0.629 bits per heavy atom. The van der Waals surface area contributed by atoms with Gasteiger partial charge in [-0.25, -0.2) is 4.90 Å². The predicted molar refractivity (Wildman–Crippen MR) is 139 cm³/mol. The van der Waals surface area contributed by atoms with Gasteiger partial charge in [0.15, 0.2) is 0 Å². The summed E-state index contributed by atoms with van der Waals surface area (Å²) in [4.78, 5) is 29.8. The summed E-state index contributed by atoms with van der Waals surface area (Å²) < 4.78 is 0. The van der Waals surface area contributed by atoms with Crippen LogP contribution in [0.15, 0.2) is 84.9 Å². The van der Waals surface area contributed by atoms with Gasteiger partial charge in [-0.05, 0) is 44.7 Å². The molecule has 3 heteroatoms. The molecule has 3 aliphatic carbocycles. The van der Waals surface area contributed by atoms with Crippen LogP contribution in [0.2, 0.25) is 0 Å². The van der Waals surface area contributed by atoms with Gasteiger partial charge < -0.3 is 0 Å². The summed E-state index contributed by atoms with van der Waals surface area (Å²) in [6.45, 7) is 6.66. The summed E-state index contributed by atoms with van der Waals surface area (Å²) in [5.74, 6) is -1.06. The van der Waals surface area contributed by atoms with Crippen LogP contribution in [-0.4, -0.2) is 11.8 Å². The number of fused-ring (bicyclic) bond motifs is 1. The first kappa shape index (κ1) is 20.6. The van der Waals surface area contributed by atoms with E-state index in [2.05, 4.69) is 63.2 Å². The number of anilines is 1. The second-order valence-corrected chi connectivity index (χ2v) is 11.2.